The van der Waals surface area contributed by atoms with E-state index in [0.717, 1.165) is 49.7 Å². The van der Waals surface area contributed by atoms with Gasteiger partial charge in [-0.05, 0) is 84.4 Å². The quantitative estimate of drug-likeness (QED) is 0.150. The van der Waals surface area contributed by atoms with Crippen molar-refractivity contribution in [3.05, 3.63) is 195 Å². The lowest BCUT2D eigenvalue weighted by atomic mass is 9.90. The summed E-state index contributed by atoms with van der Waals surface area (Å²) < 4.78 is 0. The van der Waals surface area contributed by atoms with Gasteiger partial charge in [0.1, 0.15) is 0 Å². The monoisotopic (exact) mass is 570 g/mol. The van der Waals surface area contributed by atoms with E-state index in [1.54, 1.807) is 4.90 Å². The van der Waals surface area contributed by atoms with Crippen LogP contribution >= 0.6 is 0 Å². The molecular formula is C41H34N2O. The van der Waals surface area contributed by atoms with Gasteiger partial charge in [0.2, 0.25) is 0 Å². The van der Waals surface area contributed by atoms with Crippen LogP contribution in [0.4, 0.5) is 5.69 Å². The first kappa shape index (κ1) is 28.6. The van der Waals surface area contributed by atoms with Crippen LogP contribution < -0.4 is 15.5 Å². The Morgan fingerprint density at radius 2 is 1.32 bits per heavy atom. The Morgan fingerprint density at radius 3 is 2.05 bits per heavy atom. The number of nitrogens with zero attached hydrogens (tertiary/aromatic N) is 2. The third-order valence-electron chi connectivity index (χ3n) is 8.06. The fourth-order valence-electron chi connectivity index (χ4n) is 5.80. The van der Waals surface area contributed by atoms with Gasteiger partial charge in [-0.3, -0.25) is 9.69 Å². The number of para-hydroxylation sites is 2. The summed E-state index contributed by atoms with van der Waals surface area (Å²) in [5.74, 6) is 0.312. The third kappa shape index (κ3) is 5.74. The van der Waals surface area contributed by atoms with Crippen LogP contribution in [0.25, 0.3) is 11.1 Å². The minimum atomic E-state index is -0.147. The number of benzene rings is 5. The number of allylic oxidation sites excluding steroid dienone is 1. The summed E-state index contributed by atoms with van der Waals surface area (Å²) in [6.07, 6.45) is 2.65. The number of fused-ring (bicyclic) bond motifs is 1. The second-order valence-electron chi connectivity index (χ2n) is 11.0. The molecule has 3 heteroatoms. The van der Waals surface area contributed by atoms with E-state index in [9.17, 15) is 4.79 Å². The van der Waals surface area contributed by atoms with Crippen molar-refractivity contribution in [2.24, 2.45) is 4.99 Å². The summed E-state index contributed by atoms with van der Waals surface area (Å²) >= 11 is 0. The molecule has 0 bridgehead atoms. The molecule has 0 radical (unpaired) electrons. The summed E-state index contributed by atoms with van der Waals surface area (Å²) in [5, 5.41) is 1.85. The molecular weight excluding hydrogens is 536 g/mol. The topological polar surface area (TPSA) is 32.7 Å². The van der Waals surface area contributed by atoms with Gasteiger partial charge in [-0.25, -0.2) is 4.99 Å². The second kappa shape index (κ2) is 12.8. The van der Waals surface area contributed by atoms with E-state index < -0.39 is 0 Å². The summed E-state index contributed by atoms with van der Waals surface area (Å²) in [4.78, 5) is 21.8. The molecule has 0 spiro atoms. The molecule has 1 aliphatic heterocycles. The van der Waals surface area contributed by atoms with Crippen molar-refractivity contribution in [3.8, 4) is 0 Å². The maximum Gasteiger partial charge on any atom is 0.260 e. The first-order valence-electron chi connectivity index (χ1n) is 14.9. The molecule has 0 N–H and O–H groups in total. The van der Waals surface area contributed by atoms with Crippen molar-refractivity contribution in [1.82, 2.24) is 0 Å². The minimum Gasteiger partial charge on any atom is -0.269 e. The molecule has 0 fully saturated rings. The van der Waals surface area contributed by atoms with Crippen LogP contribution in [0.1, 0.15) is 41.2 Å². The Balaban J connectivity index is 1.60. The van der Waals surface area contributed by atoms with Crippen molar-refractivity contribution in [3.63, 3.8) is 0 Å². The standard InChI is InChI=1S/C41H34N2O/c1-29-17-10-12-23-34(29)40(33-21-8-5-9-22-33)31(3)41(44)43(38-27-15-11-18-30(38)2)39-28-16-25-35(32-19-6-4-7-20-32)36-24-13-14-26-37(36)42-39/h4-24,26-27H,25H2,1-3H3/b36-35+,40-31+,42-37?. The van der Waals surface area contributed by atoms with E-state index in [1.807, 2.05) is 98.8 Å². The summed E-state index contributed by atoms with van der Waals surface area (Å²) in [6.45, 7) is 6.03. The van der Waals surface area contributed by atoms with Gasteiger partial charge in [-0.2, -0.15) is 0 Å². The molecule has 0 saturated carbocycles. The molecule has 44 heavy (non-hydrogen) atoms. The van der Waals surface area contributed by atoms with Crippen molar-refractivity contribution in [1.29, 1.82) is 0 Å². The number of rotatable bonds is 6. The number of hydrogen-bond donors (Lipinski definition) is 0. The minimum absolute atomic E-state index is 0.147. The molecule has 214 valence electrons. The Kier molecular flexibility index (Phi) is 8.32. The molecule has 1 aliphatic rings. The molecule has 1 heterocycles. The summed E-state index contributed by atoms with van der Waals surface area (Å²) in [7, 11) is 0. The van der Waals surface area contributed by atoms with Gasteiger partial charge in [0, 0.05) is 10.8 Å². The highest BCUT2D eigenvalue weighted by Crippen LogP contribution is 2.33. The molecule has 0 aromatic heterocycles. The zero-order chi connectivity index (χ0) is 30.5. The molecule has 5 aromatic rings. The van der Waals surface area contributed by atoms with Gasteiger partial charge in [-0.1, -0.05) is 127 Å². The molecule has 3 nitrogen and oxygen atoms in total. The van der Waals surface area contributed by atoms with Gasteiger partial charge in [0.25, 0.3) is 5.91 Å². The Morgan fingerprint density at radius 1 is 0.705 bits per heavy atom. The van der Waals surface area contributed by atoms with Crippen LogP contribution in [0.2, 0.25) is 0 Å². The largest absolute Gasteiger partial charge is 0.269 e. The average Bonchev–Trinajstić information content (AvgIpc) is 3.05. The molecule has 0 unspecified atom stereocenters. The number of anilines is 1. The number of amides is 1. The molecule has 0 aliphatic carbocycles. The lowest BCUT2D eigenvalue weighted by molar-refractivity contribution is -0.114. The first-order valence-corrected chi connectivity index (χ1v) is 14.9. The fourth-order valence-corrected chi connectivity index (χ4v) is 5.80. The highest BCUT2D eigenvalue weighted by Gasteiger charge is 2.26. The van der Waals surface area contributed by atoms with Gasteiger partial charge in [0.05, 0.1) is 11.0 Å². The van der Waals surface area contributed by atoms with E-state index in [0.29, 0.717) is 17.8 Å². The van der Waals surface area contributed by atoms with Crippen molar-refractivity contribution in [2.75, 3.05) is 4.90 Å². The number of aryl methyl sites for hydroxylation is 2. The fraction of sp³-hybridized carbons (Fsp3) is 0.0976. The molecule has 6 rings (SSSR count). The normalized spacial score (nSPS) is 14.3. The summed E-state index contributed by atoms with van der Waals surface area (Å²) in [6, 6.07) is 44.9. The van der Waals surface area contributed by atoms with Crippen LogP contribution in [0, 0.1) is 13.8 Å². The van der Waals surface area contributed by atoms with Gasteiger partial charge < -0.3 is 0 Å². The number of hydrogen-bond acceptors (Lipinski definition) is 2. The molecule has 1 amide bonds. The van der Waals surface area contributed by atoms with E-state index in [-0.39, 0.29) is 5.91 Å². The SMILES string of the molecule is C/C(C(=O)N(C1=C=CC/C(c2ccccc2)=c2/ccccc2=N1)c1ccccc1C)=C(/c1ccccc1)c1ccccc1C. The Labute approximate surface area is 259 Å². The Bertz CT molecular complexity index is 2060. The maximum atomic E-state index is 14.9. The lowest BCUT2D eigenvalue weighted by Crippen LogP contribution is -2.34. The van der Waals surface area contributed by atoms with Crippen LogP contribution in [0.15, 0.2) is 162 Å². The highest BCUT2D eigenvalue weighted by atomic mass is 16.2. The molecule has 5 aromatic carbocycles. The van der Waals surface area contributed by atoms with Crippen LogP contribution in [0.3, 0.4) is 0 Å². The van der Waals surface area contributed by atoms with Crippen molar-refractivity contribution in [2.45, 2.75) is 27.2 Å². The van der Waals surface area contributed by atoms with E-state index in [4.69, 9.17) is 4.99 Å². The smallest absolute Gasteiger partial charge is 0.260 e. The maximum absolute atomic E-state index is 14.9. The number of carbonyl (C=O) groups excluding carboxylic acids is 1. The Hall–Kier alpha value is -5.50. The molecule has 0 saturated heterocycles. The zero-order valence-electron chi connectivity index (χ0n) is 25.3. The van der Waals surface area contributed by atoms with Gasteiger partial charge in [0.15, 0.2) is 5.82 Å². The highest BCUT2D eigenvalue weighted by molar-refractivity contribution is 6.13. The van der Waals surface area contributed by atoms with Crippen molar-refractivity contribution < 1.29 is 4.79 Å². The predicted octanol–water partition coefficient (Wildman–Crippen LogP) is 8.08. The van der Waals surface area contributed by atoms with E-state index in [1.165, 1.54) is 5.57 Å². The average molecular weight is 571 g/mol. The van der Waals surface area contributed by atoms with Crippen LogP contribution in [-0.4, -0.2) is 5.91 Å². The van der Waals surface area contributed by atoms with E-state index >= 15 is 0 Å². The lowest BCUT2D eigenvalue weighted by Gasteiger charge is -2.26. The van der Waals surface area contributed by atoms with Gasteiger partial charge in [-0.15, -0.1) is 0 Å². The third-order valence-corrected chi connectivity index (χ3v) is 8.06. The van der Waals surface area contributed by atoms with Gasteiger partial charge >= 0.3 is 0 Å². The number of carbonyl (C=O) groups is 1. The van der Waals surface area contributed by atoms with Crippen LogP contribution in [-0.2, 0) is 4.79 Å². The first-order chi connectivity index (χ1) is 21.5. The molecule has 0 atom stereocenters. The predicted molar refractivity (Wildman–Crippen MR) is 180 cm³/mol. The van der Waals surface area contributed by atoms with E-state index in [2.05, 4.69) is 67.3 Å². The van der Waals surface area contributed by atoms with Crippen LogP contribution in [0.5, 0.6) is 0 Å². The van der Waals surface area contributed by atoms with Crippen molar-refractivity contribution >= 4 is 22.7 Å². The second-order valence-corrected chi connectivity index (χ2v) is 11.0. The summed E-state index contributed by atoms with van der Waals surface area (Å²) in [5.41, 5.74) is 12.2. The zero-order valence-corrected chi connectivity index (χ0v) is 25.3.